The number of non-ortho nitro benzene ring substituents is 1. The first-order valence-corrected chi connectivity index (χ1v) is 6.19. The van der Waals surface area contributed by atoms with Gasteiger partial charge >= 0.3 is 0 Å². The van der Waals surface area contributed by atoms with E-state index < -0.39 is 16.6 Å². The molecule has 1 aromatic heterocycles. The number of hydrogen-bond donors (Lipinski definition) is 1. The molecule has 21 heavy (non-hydrogen) atoms. The average molecular weight is 292 g/mol. The summed E-state index contributed by atoms with van der Waals surface area (Å²) in [5.41, 5.74) is -0.588. The molecule has 7 nitrogen and oxygen atoms in total. The van der Waals surface area contributed by atoms with Crippen molar-refractivity contribution in [3.63, 3.8) is 0 Å². The Labute approximate surface area is 119 Å². The Bertz CT molecular complexity index is 670. The van der Waals surface area contributed by atoms with Crippen LogP contribution in [0.1, 0.15) is 15.9 Å². The van der Waals surface area contributed by atoms with Crippen LogP contribution in [0.25, 0.3) is 0 Å². The smallest absolute Gasteiger partial charge is 0.270 e. The molecule has 0 atom stereocenters. The normalized spacial score (nSPS) is 10.4. The summed E-state index contributed by atoms with van der Waals surface area (Å²) in [4.78, 5) is 22.0. The first-order valence-electron chi connectivity index (χ1n) is 6.19. The number of amides is 1. The zero-order chi connectivity index (χ0) is 15.4. The number of halogens is 1. The van der Waals surface area contributed by atoms with Gasteiger partial charge < -0.3 is 5.32 Å². The van der Waals surface area contributed by atoms with Crippen molar-refractivity contribution < 1.29 is 14.1 Å². The van der Waals surface area contributed by atoms with Crippen molar-refractivity contribution in [1.29, 1.82) is 0 Å². The van der Waals surface area contributed by atoms with Crippen LogP contribution >= 0.6 is 0 Å². The highest BCUT2D eigenvalue weighted by Gasteiger charge is 2.19. The van der Waals surface area contributed by atoms with Crippen molar-refractivity contribution in [2.45, 2.75) is 13.5 Å². The maximum atomic E-state index is 13.9. The highest BCUT2D eigenvalue weighted by molar-refractivity contribution is 5.95. The highest BCUT2D eigenvalue weighted by Crippen LogP contribution is 2.20. The molecular formula is C13H13FN4O3. The van der Waals surface area contributed by atoms with Crippen LogP contribution in [-0.4, -0.2) is 27.2 Å². The van der Waals surface area contributed by atoms with Crippen LogP contribution < -0.4 is 5.32 Å². The summed E-state index contributed by atoms with van der Waals surface area (Å²) in [6.45, 7) is 2.04. The van der Waals surface area contributed by atoms with Crippen molar-refractivity contribution in [1.82, 2.24) is 15.1 Å². The third kappa shape index (κ3) is 3.41. The van der Waals surface area contributed by atoms with Crippen LogP contribution in [0.5, 0.6) is 0 Å². The molecule has 1 heterocycles. The minimum Gasteiger partial charge on any atom is -0.350 e. The quantitative estimate of drug-likeness (QED) is 0.670. The Hall–Kier alpha value is -2.77. The third-order valence-corrected chi connectivity index (χ3v) is 2.88. The maximum absolute atomic E-state index is 13.9. The van der Waals surface area contributed by atoms with Crippen molar-refractivity contribution >= 4 is 11.6 Å². The van der Waals surface area contributed by atoms with Crippen LogP contribution in [0, 0.1) is 22.9 Å². The van der Waals surface area contributed by atoms with E-state index in [1.807, 2.05) is 0 Å². The van der Waals surface area contributed by atoms with Crippen LogP contribution in [-0.2, 0) is 6.54 Å². The Morgan fingerprint density at radius 1 is 1.52 bits per heavy atom. The van der Waals surface area contributed by atoms with Gasteiger partial charge in [-0.05, 0) is 18.6 Å². The van der Waals surface area contributed by atoms with Crippen molar-refractivity contribution in [2.75, 3.05) is 6.54 Å². The number of aromatic nitrogens is 2. The van der Waals surface area contributed by atoms with Gasteiger partial charge in [-0.2, -0.15) is 5.10 Å². The van der Waals surface area contributed by atoms with Crippen LogP contribution in [0.4, 0.5) is 10.1 Å². The summed E-state index contributed by atoms with van der Waals surface area (Å²) in [6, 6.07) is 3.77. The minimum atomic E-state index is -0.753. The molecule has 0 fully saturated rings. The summed E-state index contributed by atoms with van der Waals surface area (Å²) in [5.74, 6) is -1.44. The molecule has 0 aliphatic rings. The lowest BCUT2D eigenvalue weighted by molar-refractivity contribution is -0.385. The van der Waals surface area contributed by atoms with E-state index in [1.54, 1.807) is 23.1 Å². The van der Waals surface area contributed by atoms with E-state index in [0.717, 1.165) is 12.1 Å². The topological polar surface area (TPSA) is 90.1 Å². The second-order valence-corrected chi connectivity index (χ2v) is 4.41. The second kappa shape index (κ2) is 6.12. The zero-order valence-corrected chi connectivity index (χ0v) is 11.2. The highest BCUT2D eigenvalue weighted by atomic mass is 19.1. The van der Waals surface area contributed by atoms with Gasteiger partial charge in [0.05, 0.1) is 17.0 Å². The summed E-state index contributed by atoms with van der Waals surface area (Å²) in [5, 5.41) is 17.2. The number of nitrogens with one attached hydrogen (secondary N) is 1. The van der Waals surface area contributed by atoms with Crippen molar-refractivity contribution in [3.05, 3.63) is 57.7 Å². The number of carbonyl (C=O) groups excluding carboxylic acids is 1. The van der Waals surface area contributed by atoms with E-state index in [1.165, 1.54) is 6.92 Å². The molecule has 0 spiro atoms. The molecule has 1 amide bonds. The van der Waals surface area contributed by atoms with E-state index in [4.69, 9.17) is 0 Å². The van der Waals surface area contributed by atoms with Gasteiger partial charge in [0.2, 0.25) is 0 Å². The van der Waals surface area contributed by atoms with Gasteiger partial charge in [0, 0.05) is 31.1 Å². The molecule has 1 N–H and O–H groups in total. The van der Waals surface area contributed by atoms with Gasteiger partial charge in [-0.1, -0.05) is 0 Å². The second-order valence-electron chi connectivity index (χ2n) is 4.41. The summed E-state index contributed by atoms with van der Waals surface area (Å²) in [6.07, 6.45) is 3.33. The molecule has 0 aliphatic carbocycles. The molecule has 0 saturated carbocycles. The van der Waals surface area contributed by atoms with Gasteiger partial charge in [0.25, 0.3) is 11.6 Å². The molecule has 0 radical (unpaired) electrons. The average Bonchev–Trinajstić information content (AvgIpc) is 2.94. The molecule has 0 aliphatic heterocycles. The lowest BCUT2D eigenvalue weighted by Gasteiger charge is -2.08. The van der Waals surface area contributed by atoms with Crippen LogP contribution in [0.15, 0.2) is 30.6 Å². The molecule has 2 aromatic rings. The first kappa shape index (κ1) is 14.6. The third-order valence-electron chi connectivity index (χ3n) is 2.88. The fraction of sp³-hybridized carbons (Fsp3) is 0.231. The van der Waals surface area contributed by atoms with Gasteiger partial charge in [-0.15, -0.1) is 0 Å². The number of nitrogens with zero attached hydrogens (tertiary/aromatic N) is 3. The molecule has 0 bridgehead atoms. The number of nitro groups is 1. The number of hydrogen-bond acceptors (Lipinski definition) is 4. The predicted molar refractivity (Wildman–Crippen MR) is 72.4 cm³/mol. The van der Waals surface area contributed by atoms with Gasteiger partial charge in [0.15, 0.2) is 0 Å². The molecular weight excluding hydrogens is 279 g/mol. The van der Waals surface area contributed by atoms with Crippen LogP contribution in [0.2, 0.25) is 0 Å². The Kier molecular flexibility index (Phi) is 4.27. The summed E-state index contributed by atoms with van der Waals surface area (Å²) in [7, 11) is 0. The van der Waals surface area contributed by atoms with Crippen molar-refractivity contribution in [2.24, 2.45) is 0 Å². The zero-order valence-electron chi connectivity index (χ0n) is 11.2. The number of aryl methyl sites for hydroxylation is 1. The summed E-state index contributed by atoms with van der Waals surface area (Å²) < 4.78 is 15.5. The standard InChI is InChI=1S/C13H13FN4O3/c1-9-7-10(18(20)21)8-11(12(9)14)13(19)15-4-6-17-5-2-3-16-17/h2-3,5,7-8H,4,6H2,1H3,(H,15,19). The monoisotopic (exact) mass is 292 g/mol. The van der Waals surface area contributed by atoms with Crippen LogP contribution in [0.3, 0.4) is 0 Å². The van der Waals surface area contributed by atoms with Gasteiger partial charge in [0.1, 0.15) is 5.82 Å². The lowest BCUT2D eigenvalue weighted by atomic mass is 10.1. The molecule has 1 aromatic carbocycles. The van der Waals surface area contributed by atoms with Crippen molar-refractivity contribution in [3.8, 4) is 0 Å². The summed E-state index contributed by atoms with van der Waals surface area (Å²) >= 11 is 0. The van der Waals surface area contributed by atoms with E-state index in [9.17, 15) is 19.3 Å². The number of carbonyl (C=O) groups is 1. The lowest BCUT2D eigenvalue weighted by Crippen LogP contribution is -2.28. The fourth-order valence-electron chi connectivity index (χ4n) is 1.83. The van der Waals surface area contributed by atoms with E-state index in [2.05, 4.69) is 10.4 Å². The minimum absolute atomic E-state index is 0.0569. The first-order chi connectivity index (χ1) is 9.99. The fourth-order valence-corrected chi connectivity index (χ4v) is 1.83. The molecule has 2 rings (SSSR count). The maximum Gasteiger partial charge on any atom is 0.270 e. The Morgan fingerprint density at radius 2 is 2.29 bits per heavy atom. The number of benzene rings is 1. The molecule has 0 unspecified atom stereocenters. The molecule has 0 saturated heterocycles. The van der Waals surface area contributed by atoms with Gasteiger partial charge in [-0.3, -0.25) is 19.6 Å². The predicted octanol–water partition coefficient (Wildman–Crippen LogP) is 1.67. The van der Waals surface area contributed by atoms with E-state index in [0.29, 0.717) is 6.54 Å². The SMILES string of the molecule is Cc1cc([N+](=O)[O-])cc(C(=O)NCCn2cccn2)c1F. The number of rotatable bonds is 5. The Morgan fingerprint density at radius 3 is 2.90 bits per heavy atom. The van der Waals surface area contributed by atoms with E-state index in [-0.39, 0.29) is 23.4 Å². The Balaban J connectivity index is 2.09. The molecule has 8 heteroatoms. The molecule has 110 valence electrons. The van der Waals surface area contributed by atoms with Gasteiger partial charge in [-0.25, -0.2) is 4.39 Å². The largest absolute Gasteiger partial charge is 0.350 e. The number of nitro benzene ring substituents is 1. The van der Waals surface area contributed by atoms with E-state index >= 15 is 0 Å².